The summed E-state index contributed by atoms with van der Waals surface area (Å²) in [4.78, 5) is 24.1. The molecule has 0 saturated carbocycles. The standard InChI is InChI=1S/C20H22N4OS/c25-17(24-11-5-2-6-12-24)9-10-21-19-18-16(15-7-3-1-4-8-15)13-26-20(18)23-14-22-19/h1,3-4,7-8,13-14H,2,5-6,9-12H2,(H,21,22,23). The predicted molar refractivity (Wildman–Crippen MR) is 106 cm³/mol. The molecule has 1 aliphatic rings. The minimum absolute atomic E-state index is 0.233. The highest BCUT2D eigenvalue weighted by Crippen LogP contribution is 2.36. The highest BCUT2D eigenvalue weighted by atomic mass is 32.1. The van der Waals surface area contributed by atoms with Crippen molar-refractivity contribution < 1.29 is 4.79 Å². The Kier molecular flexibility index (Phi) is 5.11. The highest BCUT2D eigenvalue weighted by Gasteiger charge is 2.17. The Morgan fingerprint density at radius 3 is 2.73 bits per heavy atom. The van der Waals surface area contributed by atoms with Gasteiger partial charge in [-0.25, -0.2) is 9.97 Å². The summed E-state index contributed by atoms with van der Waals surface area (Å²) in [5, 5.41) is 6.52. The van der Waals surface area contributed by atoms with Crippen LogP contribution in [0.25, 0.3) is 21.3 Å². The van der Waals surface area contributed by atoms with E-state index in [-0.39, 0.29) is 5.91 Å². The van der Waals surface area contributed by atoms with Gasteiger partial charge < -0.3 is 10.2 Å². The van der Waals surface area contributed by atoms with Crippen molar-refractivity contribution in [3.63, 3.8) is 0 Å². The number of thiophene rings is 1. The molecular formula is C20H22N4OS. The van der Waals surface area contributed by atoms with Crippen LogP contribution in [0.4, 0.5) is 5.82 Å². The lowest BCUT2D eigenvalue weighted by atomic mass is 10.1. The van der Waals surface area contributed by atoms with Gasteiger partial charge in [0.15, 0.2) is 0 Å². The zero-order valence-electron chi connectivity index (χ0n) is 14.6. The third kappa shape index (κ3) is 3.55. The molecule has 1 saturated heterocycles. The molecular weight excluding hydrogens is 344 g/mol. The molecule has 1 amide bonds. The lowest BCUT2D eigenvalue weighted by Gasteiger charge is -2.26. The molecule has 1 fully saturated rings. The van der Waals surface area contributed by atoms with Gasteiger partial charge >= 0.3 is 0 Å². The average Bonchev–Trinajstić information content (AvgIpc) is 3.14. The number of piperidine rings is 1. The molecule has 134 valence electrons. The van der Waals surface area contributed by atoms with Crippen molar-refractivity contribution in [3.05, 3.63) is 42.0 Å². The largest absolute Gasteiger partial charge is 0.369 e. The third-order valence-corrected chi connectivity index (χ3v) is 5.68. The van der Waals surface area contributed by atoms with Crippen LogP contribution in [0.15, 0.2) is 42.0 Å². The van der Waals surface area contributed by atoms with Gasteiger partial charge in [0, 0.05) is 37.0 Å². The molecule has 0 atom stereocenters. The van der Waals surface area contributed by atoms with Gasteiger partial charge in [0.25, 0.3) is 0 Å². The number of likely N-dealkylation sites (tertiary alicyclic amines) is 1. The number of carbonyl (C=O) groups excluding carboxylic acids is 1. The van der Waals surface area contributed by atoms with E-state index < -0.39 is 0 Å². The Morgan fingerprint density at radius 1 is 1.12 bits per heavy atom. The molecule has 3 heterocycles. The smallest absolute Gasteiger partial charge is 0.224 e. The lowest BCUT2D eigenvalue weighted by Crippen LogP contribution is -2.36. The van der Waals surface area contributed by atoms with Crippen LogP contribution in [-0.2, 0) is 4.79 Å². The number of hydrogen-bond acceptors (Lipinski definition) is 5. The van der Waals surface area contributed by atoms with Crippen molar-refractivity contribution in [2.24, 2.45) is 0 Å². The third-order valence-electron chi connectivity index (χ3n) is 4.80. The highest BCUT2D eigenvalue weighted by molar-refractivity contribution is 7.17. The Hall–Kier alpha value is -2.47. The zero-order chi connectivity index (χ0) is 17.8. The summed E-state index contributed by atoms with van der Waals surface area (Å²) in [7, 11) is 0. The Bertz CT molecular complexity index is 887. The van der Waals surface area contributed by atoms with Gasteiger partial charge in [-0.05, 0) is 24.8 Å². The second kappa shape index (κ2) is 7.83. The number of fused-ring (bicyclic) bond motifs is 1. The van der Waals surface area contributed by atoms with Crippen LogP contribution < -0.4 is 5.32 Å². The van der Waals surface area contributed by atoms with Gasteiger partial charge in [-0.3, -0.25) is 4.79 Å². The molecule has 1 aromatic carbocycles. The summed E-state index contributed by atoms with van der Waals surface area (Å²) in [6.45, 7) is 2.39. The minimum Gasteiger partial charge on any atom is -0.369 e. The van der Waals surface area contributed by atoms with Gasteiger partial charge in [0.05, 0.1) is 5.39 Å². The number of benzene rings is 1. The molecule has 0 spiro atoms. The summed E-state index contributed by atoms with van der Waals surface area (Å²) in [5.74, 6) is 1.04. The van der Waals surface area contributed by atoms with E-state index in [0.29, 0.717) is 13.0 Å². The van der Waals surface area contributed by atoms with Crippen molar-refractivity contribution in [1.82, 2.24) is 14.9 Å². The van der Waals surface area contributed by atoms with E-state index in [0.717, 1.165) is 53.1 Å². The number of rotatable bonds is 5. The molecule has 3 aromatic rings. The number of aromatic nitrogens is 2. The predicted octanol–water partition coefficient (Wildman–Crippen LogP) is 4.17. The van der Waals surface area contributed by atoms with Gasteiger partial charge in [0.1, 0.15) is 17.0 Å². The fraction of sp³-hybridized carbons (Fsp3) is 0.350. The number of carbonyl (C=O) groups is 1. The molecule has 1 N–H and O–H groups in total. The normalized spacial score (nSPS) is 14.5. The quantitative estimate of drug-likeness (QED) is 0.736. The van der Waals surface area contributed by atoms with Crippen molar-refractivity contribution in [3.8, 4) is 11.1 Å². The maximum atomic E-state index is 12.3. The molecule has 0 bridgehead atoms. The van der Waals surface area contributed by atoms with Crippen LogP contribution >= 0.6 is 11.3 Å². The van der Waals surface area contributed by atoms with Crippen molar-refractivity contribution in [1.29, 1.82) is 0 Å². The molecule has 5 nitrogen and oxygen atoms in total. The van der Waals surface area contributed by atoms with Gasteiger partial charge in [-0.1, -0.05) is 30.3 Å². The summed E-state index contributed by atoms with van der Waals surface area (Å²) >= 11 is 1.62. The summed E-state index contributed by atoms with van der Waals surface area (Å²) in [6.07, 6.45) is 5.57. The maximum absolute atomic E-state index is 12.3. The van der Waals surface area contributed by atoms with E-state index in [9.17, 15) is 4.79 Å². The topological polar surface area (TPSA) is 58.1 Å². The van der Waals surface area contributed by atoms with Crippen LogP contribution in [0, 0.1) is 0 Å². The molecule has 0 aliphatic carbocycles. The van der Waals surface area contributed by atoms with Crippen LogP contribution in [0.3, 0.4) is 0 Å². The van der Waals surface area contributed by atoms with Crippen LogP contribution in [0.2, 0.25) is 0 Å². The van der Waals surface area contributed by atoms with E-state index >= 15 is 0 Å². The molecule has 1 aliphatic heterocycles. The first kappa shape index (κ1) is 17.0. The Labute approximate surface area is 157 Å². The number of anilines is 1. The van der Waals surface area contributed by atoms with Gasteiger partial charge in [0.2, 0.25) is 5.91 Å². The SMILES string of the molecule is O=C(CCNc1ncnc2scc(-c3ccccc3)c12)N1CCCCC1. The average molecular weight is 366 g/mol. The van der Waals surface area contributed by atoms with Crippen molar-refractivity contribution in [2.75, 3.05) is 25.0 Å². The lowest BCUT2D eigenvalue weighted by molar-refractivity contribution is -0.131. The van der Waals surface area contributed by atoms with E-state index in [4.69, 9.17) is 0 Å². The van der Waals surface area contributed by atoms with E-state index in [1.54, 1.807) is 17.7 Å². The minimum atomic E-state index is 0.233. The number of nitrogens with zero attached hydrogens (tertiary/aromatic N) is 3. The summed E-state index contributed by atoms with van der Waals surface area (Å²) in [6, 6.07) is 10.3. The Morgan fingerprint density at radius 2 is 1.92 bits per heavy atom. The van der Waals surface area contributed by atoms with Crippen molar-refractivity contribution in [2.45, 2.75) is 25.7 Å². The summed E-state index contributed by atoms with van der Waals surface area (Å²) in [5.41, 5.74) is 2.29. The number of nitrogens with one attached hydrogen (secondary N) is 1. The first-order chi connectivity index (χ1) is 12.8. The molecule has 0 radical (unpaired) electrons. The van der Waals surface area contributed by atoms with Crippen molar-refractivity contribution >= 4 is 33.3 Å². The molecule has 6 heteroatoms. The van der Waals surface area contributed by atoms with Crippen LogP contribution in [0.1, 0.15) is 25.7 Å². The fourth-order valence-corrected chi connectivity index (χ4v) is 4.34. The molecule has 4 rings (SSSR count). The van der Waals surface area contributed by atoms with Crippen LogP contribution in [0.5, 0.6) is 0 Å². The summed E-state index contributed by atoms with van der Waals surface area (Å²) < 4.78 is 0. The number of hydrogen-bond donors (Lipinski definition) is 1. The van der Waals surface area contributed by atoms with E-state index in [2.05, 4.69) is 32.8 Å². The van der Waals surface area contributed by atoms with Gasteiger partial charge in [-0.2, -0.15) is 0 Å². The molecule has 0 unspecified atom stereocenters. The second-order valence-corrected chi connectivity index (χ2v) is 7.39. The molecule has 26 heavy (non-hydrogen) atoms. The monoisotopic (exact) mass is 366 g/mol. The zero-order valence-corrected chi connectivity index (χ0v) is 15.5. The van der Waals surface area contributed by atoms with Gasteiger partial charge in [-0.15, -0.1) is 11.3 Å². The fourth-order valence-electron chi connectivity index (χ4n) is 3.43. The first-order valence-corrected chi connectivity index (χ1v) is 10.00. The molecule has 2 aromatic heterocycles. The van der Waals surface area contributed by atoms with E-state index in [1.807, 2.05) is 23.1 Å². The first-order valence-electron chi connectivity index (χ1n) is 9.12. The van der Waals surface area contributed by atoms with Crippen LogP contribution in [-0.4, -0.2) is 40.4 Å². The number of amides is 1. The maximum Gasteiger partial charge on any atom is 0.224 e. The Balaban J connectivity index is 1.50. The second-order valence-electron chi connectivity index (χ2n) is 6.54. The van der Waals surface area contributed by atoms with E-state index in [1.165, 1.54) is 6.42 Å².